The maximum absolute atomic E-state index is 13.3. The molecule has 3 rings (SSSR count). The lowest BCUT2D eigenvalue weighted by Crippen LogP contribution is -2.31. The summed E-state index contributed by atoms with van der Waals surface area (Å²) in [6.45, 7) is 15.0. The molecule has 1 N–H and O–H groups in total. The van der Waals surface area contributed by atoms with Gasteiger partial charge in [0, 0.05) is 18.7 Å². The average Bonchev–Trinajstić information content (AvgIpc) is 3.05. The van der Waals surface area contributed by atoms with Crippen LogP contribution in [-0.4, -0.2) is 47.1 Å². The Kier molecular flexibility index (Phi) is 8.62. The molecule has 1 heterocycles. The first-order chi connectivity index (χ1) is 16.9. The van der Waals surface area contributed by atoms with Crippen LogP contribution < -0.4 is 4.74 Å². The predicted molar refractivity (Wildman–Crippen MR) is 142 cm³/mol. The summed E-state index contributed by atoms with van der Waals surface area (Å²) in [6, 6.07) is 14.2. The highest BCUT2D eigenvalue weighted by Gasteiger charge is 2.45. The Labute approximate surface area is 214 Å². The van der Waals surface area contributed by atoms with Gasteiger partial charge in [-0.2, -0.15) is 0 Å². The van der Waals surface area contributed by atoms with Crippen molar-refractivity contribution in [2.24, 2.45) is 0 Å². The highest BCUT2D eigenvalue weighted by molar-refractivity contribution is 6.46. The first-order valence-corrected chi connectivity index (χ1v) is 12.7. The summed E-state index contributed by atoms with van der Waals surface area (Å²) in [5, 5.41) is 11.3. The lowest BCUT2D eigenvalue weighted by atomic mass is 9.85. The van der Waals surface area contributed by atoms with E-state index in [1.165, 1.54) is 0 Å². The topological polar surface area (TPSA) is 76.1 Å². The van der Waals surface area contributed by atoms with Crippen molar-refractivity contribution in [3.8, 4) is 5.75 Å². The van der Waals surface area contributed by atoms with Crippen molar-refractivity contribution in [1.29, 1.82) is 0 Å². The number of rotatable bonds is 9. The zero-order chi connectivity index (χ0) is 26.6. The molecule has 1 atom stereocenters. The van der Waals surface area contributed by atoms with Gasteiger partial charge in [-0.05, 0) is 62.8 Å². The van der Waals surface area contributed by atoms with E-state index in [2.05, 4.69) is 20.8 Å². The molecule has 6 nitrogen and oxygen atoms in total. The third-order valence-electron chi connectivity index (χ3n) is 6.11. The van der Waals surface area contributed by atoms with Crippen LogP contribution in [0.3, 0.4) is 0 Å². The van der Waals surface area contributed by atoms with E-state index in [1.807, 2.05) is 52.0 Å². The number of ether oxygens (including phenoxy) is 2. The Morgan fingerprint density at radius 3 is 2.25 bits per heavy atom. The van der Waals surface area contributed by atoms with Gasteiger partial charge < -0.3 is 19.5 Å². The summed E-state index contributed by atoms with van der Waals surface area (Å²) in [5.41, 5.74) is 2.42. The average molecular weight is 494 g/mol. The molecule has 0 spiro atoms. The molecule has 6 heteroatoms. The second-order valence-electron chi connectivity index (χ2n) is 10.8. The van der Waals surface area contributed by atoms with Gasteiger partial charge in [-0.3, -0.25) is 9.59 Å². The molecule has 1 aliphatic heterocycles. The van der Waals surface area contributed by atoms with Crippen molar-refractivity contribution in [2.75, 3.05) is 13.2 Å². The number of carbonyl (C=O) groups excluding carboxylic acids is 2. The Hall–Kier alpha value is -3.12. The van der Waals surface area contributed by atoms with Crippen LogP contribution in [0.25, 0.3) is 5.76 Å². The molecule has 1 unspecified atom stereocenters. The van der Waals surface area contributed by atoms with Crippen molar-refractivity contribution in [3.05, 3.63) is 70.8 Å². The zero-order valence-corrected chi connectivity index (χ0v) is 22.5. The van der Waals surface area contributed by atoms with Crippen molar-refractivity contribution >= 4 is 17.4 Å². The Morgan fingerprint density at radius 1 is 1.00 bits per heavy atom. The van der Waals surface area contributed by atoms with Crippen LogP contribution in [-0.2, 0) is 19.7 Å². The van der Waals surface area contributed by atoms with Crippen LogP contribution in [0.5, 0.6) is 5.75 Å². The molecule has 1 amide bonds. The standard InChI is InChI=1S/C30H39NO5/c1-19(2)35-17-9-16-31-26(21-12-14-23(15-13-21)30(5,6)7)25(28(33)29(31)34)27(32)22-10-8-11-24(18-22)36-20(3)4/h8,10-15,18-20,26,32H,9,16-17H2,1-7H3/b27-25-. The summed E-state index contributed by atoms with van der Waals surface area (Å²) >= 11 is 0. The summed E-state index contributed by atoms with van der Waals surface area (Å²) in [5.74, 6) is -0.911. The molecule has 0 bridgehead atoms. The fourth-order valence-electron chi connectivity index (χ4n) is 4.32. The fraction of sp³-hybridized carbons (Fsp3) is 0.467. The van der Waals surface area contributed by atoms with Crippen molar-refractivity contribution in [3.63, 3.8) is 0 Å². The van der Waals surface area contributed by atoms with Gasteiger partial charge in [-0.1, -0.05) is 57.2 Å². The molecule has 0 saturated carbocycles. The second kappa shape index (κ2) is 11.3. The monoisotopic (exact) mass is 493 g/mol. The van der Waals surface area contributed by atoms with Gasteiger partial charge in [0.05, 0.1) is 23.8 Å². The first kappa shape index (κ1) is 27.5. The van der Waals surface area contributed by atoms with Crippen LogP contribution in [0.4, 0.5) is 0 Å². The van der Waals surface area contributed by atoms with Crippen LogP contribution in [0, 0.1) is 0 Å². The minimum Gasteiger partial charge on any atom is -0.507 e. The van der Waals surface area contributed by atoms with E-state index in [4.69, 9.17) is 9.47 Å². The lowest BCUT2D eigenvalue weighted by Gasteiger charge is -2.26. The predicted octanol–water partition coefficient (Wildman–Crippen LogP) is 6.01. The number of Topliss-reactive ketones (excluding diaryl/α,β-unsaturated/α-hetero) is 1. The molecule has 1 fully saturated rings. The molecule has 1 aliphatic rings. The highest BCUT2D eigenvalue weighted by Crippen LogP contribution is 2.40. The highest BCUT2D eigenvalue weighted by atomic mass is 16.5. The Balaban J connectivity index is 2.06. The number of hydrogen-bond donors (Lipinski definition) is 1. The molecular formula is C30H39NO5. The minimum atomic E-state index is -0.687. The van der Waals surface area contributed by atoms with Gasteiger partial charge in [-0.15, -0.1) is 0 Å². The Bertz CT molecular complexity index is 1110. The lowest BCUT2D eigenvalue weighted by molar-refractivity contribution is -0.140. The number of carbonyl (C=O) groups is 2. The summed E-state index contributed by atoms with van der Waals surface area (Å²) in [7, 11) is 0. The molecule has 36 heavy (non-hydrogen) atoms. The molecule has 2 aromatic rings. The molecule has 1 saturated heterocycles. The molecule has 194 valence electrons. The smallest absolute Gasteiger partial charge is 0.295 e. The molecule has 2 aromatic carbocycles. The number of aliphatic hydroxyl groups is 1. The van der Waals surface area contributed by atoms with Gasteiger partial charge in [0.15, 0.2) is 0 Å². The number of ketones is 1. The second-order valence-corrected chi connectivity index (χ2v) is 10.8. The third-order valence-corrected chi connectivity index (χ3v) is 6.11. The quantitative estimate of drug-likeness (QED) is 0.200. The molecule has 0 aromatic heterocycles. The summed E-state index contributed by atoms with van der Waals surface area (Å²) in [4.78, 5) is 28.0. The van der Waals surface area contributed by atoms with Crippen molar-refractivity contribution in [2.45, 2.75) is 78.6 Å². The van der Waals surface area contributed by atoms with Gasteiger partial charge in [-0.25, -0.2) is 0 Å². The number of likely N-dealkylation sites (tertiary alicyclic amines) is 1. The summed E-state index contributed by atoms with van der Waals surface area (Å²) < 4.78 is 11.4. The van der Waals surface area contributed by atoms with E-state index in [-0.39, 0.29) is 29.0 Å². The number of hydrogen-bond acceptors (Lipinski definition) is 5. The van der Waals surface area contributed by atoms with E-state index in [0.717, 1.165) is 11.1 Å². The largest absolute Gasteiger partial charge is 0.507 e. The summed E-state index contributed by atoms with van der Waals surface area (Å²) in [6.07, 6.45) is 0.628. The van der Waals surface area contributed by atoms with E-state index in [1.54, 1.807) is 29.2 Å². The van der Waals surface area contributed by atoms with Crippen molar-refractivity contribution in [1.82, 2.24) is 4.90 Å². The van der Waals surface area contributed by atoms with Crippen molar-refractivity contribution < 1.29 is 24.2 Å². The van der Waals surface area contributed by atoms with Gasteiger partial charge in [0.2, 0.25) is 0 Å². The molecular weight excluding hydrogens is 454 g/mol. The first-order valence-electron chi connectivity index (χ1n) is 12.7. The third kappa shape index (κ3) is 6.35. The van der Waals surface area contributed by atoms with Crippen LogP contribution in [0.1, 0.15) is 77.6 Å². The van der Waals surface area contributed by atoms with Gasteiger partial charge >= 0.3 is 0 Å². The fourth-order valence-corrected chi connectivity index (χ4v) is 4.32. The van der Waals surface area contributed by atoms with Crippen LogP contribution in [0.15, 0.2) is 54.1 Å². The normalized spacial score (nSPS) is 17.9. The SMILES string of the molecule is CC(C)OCCCN1C(=O)C(=O)/C(=C(\O)c2cccc(OC(C)C)c2)C1c1ccc(C(C)(C)C)cc1. The van der Waals surface area contributed by atoms with Crippen LogP contribution in [0.2, 0.25) is 0 Å². The van der Waals surface area contributed by atoms with E-state index >= 15 is 0 Å². The minimum absolute atomic E-state index is 0.0363. The van der Waals surface area contributed by atoms with Gasteiger partial charge in [0.25, 0.3) is 11.7 Å². The maximum atomic E-state index is 13.3. The van der Waals surface area contributed by atoms with Crippen LogP contribution >= 0.6 is 0 Å². The number of nitrogens with zero attached hydrogens (tertiary/aromatic N) is 1. The van der Waals surface area contributed by atoms with E-state index in [0.29, 0.717) is 30.9 Å². The van der Waals surface area contributed by atoms with E-state index < -0.39 is 17.7 Å². The number of amides is 1. The molecule has 0 aliphatic carbocycles. The maximum Gasteiger partial charge on any atom is 0.295 e. The Morgan fingerprint density at radius 2 is 1.67 bits per heavy atom. The van der Waals surface area contributed by atoms with E-state index in [9.17, 15) is 14.7 Å². The number of aliphatic hydroxyl groups excluding tert-OH is 1. The molecule has 0 radical (unpaired) electrons. The number of benzene rings is 2. The van der Waals surface area contributed by atoms with Gasteiger partial charge in [0.1, 0.15) is 11.5 Å². The zero-order valence-electron chi connectivity index (χ0n) is 22.5.